The number of imidazole rings is 1. The van der Waals surface area contributed by atoms with Crippen molar-refractivity contribution >= 4 is 46.2 Å². The van der Waals surface area contributed by atoms with Gasteiger partial charge in [0.25, 0.3) is 0 Å². The summed E-state index contributed by atoms with van der Waals surface area (Å²) in [4.78, 5) is 14.1. The van der Waals surface area contributed by atoms with Gasteiger partial charge in [-0.25, -0.2) is 0 Å². The van der Waals surface area contributed by atoms with E-state index in [2.05, 4.69) is 154 Å². The van der Waals surface area contributed by atoms with Crippen molar-refractivity contribution in [1.82, 2.24) is 19.5 Å². The minimum absolute atomic E-state index is 0. The molecule has 0 N–H and O–H groups in total. The maximum Gasteiger partial charge on any atom is 0.120 e. The number of para-hydroxylation sites is 1. The molecule has 5 aromatic carbocycles. The molecule has 59 heavy (non-hydrogen) atoms. The average molecular weight is 970 g/mol. The van der Waals surface area contributed by atoms with Crippen LogP contribution in [0.15, 0.2) is 132 Å². The third kappa shape index (κ3) is 8.25. The first-order valence-electron chi connectivity index (χ1n) is 21.5. The van der Waals surface area contributed by atoms with Crippen molar-refractivity contribution in [2.45, 2.75) is 72.9 Å². The van der Waals surface area contributed by atoms with Gasteiger partial charge in [-0.05, 0) is 69.2 Å². The first kappa shape index (κ1) is 37.8. The van der Waals surface area contributed by atoms with Crippen molar-refractivity contribution in [2.75, 3.05) is 0 Å². The van der Waals surface area contributed by atoms with Crippen molar-refractivity contribution in [3.8, 4) is 39.5 Å². The first-order valence-corrected chi connectivity index (χ1v) is 23.5. The summed E-state index contributed by atoms with van der Waals surface area (Å²) in [5.74, 6) is 1.38. The van der Waals surface area contributed by atoms with E-state index in [1.54, 1.807) is 12.1 Å². The minimum Gasteiger partial charge on any atom is -0.501 e. The second-order valence-corrected chi connectivity index (χ2v) is 21.7. The Morgan fingerprint density at radius 1 is 0.780 bits per heavy atom. The Kier molecular flexibility index (Phi) is 10.9. The van der Waals surface area contributed by atoms with E-state index in [0.717, 1.165) is 61.2 Å². The quantitative estimate of drug-likeness (QED) is 0.118. The fraction of sp³-hybridized carbons (Fsp3) is 0.212. The SMILES string of the molecule is Cc1c[c-]c(-c2nc3cnccc3n2-c2c(C(C)C)cc(-c3ccccc3)cc2C(C)C)c2oc3ccccc3c12.[2H]C([2H])([2H])c1c[c-]c(-c2ccc([Si](C)(C)C)cn2)cc1.[Ir]. The van der Waals surface area contributed by atoms with Crippen LogP contribution < -0.4 is 5.19 Å². The number of pyridine rings is 2. The van der Waals surface area contributed by atoms with E-state index in [1.165, 1.54) is 39.2 Å². The molecular weight excluding hydrogens is 917 g/mol. The maximum atomic E-state index is 7.35. The fourth-order valence-electron chi connectivity index (χ4n) is 7.62. The molecule has 1 radical (unpaired) electrons. The number of rotatable bonds is 7. The van der Waals surface area contributed by atoms with Crippen LogP contribution in [0.2, 0.25) is 19.6 Å². The van der Waals surface area contributed by atoms with Gasteiger partial charge >= 0.3 is 0 Å². The third-order valence-electron chi connectivity index (χ3n) is 10.8. The van der Waals surface area contributed by atoms with Gasteiger partial charge in [0.2, 0.25) is 0 Å². The fourth-order valence-corrected chi connectivity index (χ4v) is 8.66. The number of aryl methyl sites for hydroxylation is 2. The molecule has 0 saturated carbocycles. The van der Waals surface area contributed by atoms with E-state index in [1.807, 2.05) is 36.8 Å². The summed E-state index contributed by atoms with van der Waals surface area (Å²) >= 11 is 0. The van der Waals surface area contributed by atoms with E-state index in [-0.39, 0.29) is 31.9 Å². The van der Waals surface area contributed by atoms with Crippen LogP contribution in [-0.4, -0.2) is 27.6 Å². The Hall–Kier alpha value is -5.46. The predicted molar refractivity (Wildman–Crippen MR) is 245 cm³/mol. The molecule has 7 heteroatoms. The molecule has 0 aliphatic heterocycles. The van der Waals surface area contributed by atoms with Gasteiger partial charge in [-0.3, -0.25) is 9.97 Å². The van der Waals surface area contributed by atoms with Crippen molar-refractivity contribution in [3.63, 3.8) is 0 Å². The number of aromatic nitrogens is 4. The molecule has 0 saturated heterocycles. The van der Waals surface area contributed by atoms with Crippen LogP contribution >= 0.6 is 0 Å². The van der Waals surface area contributed by atoms with Gasteiger partial charge in [-0.15, -0.1) is 53.1 Å². The molecule has 299 valence electrons. The smallest absolute Gasteiger partial charge is 0.120 e. The van der Waals surface area contributed by atoms with E-state index in [0.29, 0.717) is 5.56 Å². The molecule has 0 bridgehead atoms. The number of fused-ring (bicyclic) bond motifs is 4. The second kappa shape index (κ2) is 17.0. The van der Waals surface area contributed by atoms with Crippen LogP contribution in [0, 0.1) is 25.9 Å². The standard InChI is InChI=1S/C37H32N3O.C15H18NSi.Ir/c1-22(2)29-19-26(25-11-7-6-8-12-25)20-30(23(3)4)35(29)40-32-17-18-38-21-31(32)39-37(40)28-16-15-24(5)34-27-13-9-10-14-33(27)41-36(28)34;1-12-5-7-13(8-6-12)15-10-9-14(11-16-15)17(2,3)4;/h6-15,17-23H,1-5H3;5-7,9-11H,1-4H3;/q2*-1;/i;1D3;. The molecule has 4 aromatic heterocycles. The summed E-state index contributed by atoms with van der Waals surface area (Å²) in [6.07, 6.45) is 5.62. The third-order valence-corrected chi connectivity index (χ3v) is 12.8. The zero-order valence-corrected chi connectivity index (χ0v) is 38.2. The zero-order chi connectivity index (χ0) is 43.2. The maximum absolute atomic E-state index is 7.35. The Balaban J connectivity index is 0.000000233. The van der Waals surface area contributed by atoms with Gasteiger partial charge in [0.1, 0.15) is 5.58 Å². The number of hydrogen-bond acceptors (Lipinski definition) is 4. The molecule has 9 rings (SSSR count). The van der Waals surface area contributed by atoms with Gasteiger partial charge in [-0.2, -0.15) is 0 Å². The van der Waals surface area contributed by atoms with Gasteiger partial charge in [0.05, 0.1) is 36.7 Å². The molecule has 0 fully saturated rings. The molecule has 0 unspecified atom stereocenters. The number of nitrogens with zero attached hydrogens (tertiary/aromatic N) is 4. The van der Waals surface area contributed by atoms with Crippen LogP contribution in [0.25, 0.3) is 72.4 Å². The summed E-state index contributed by atoms with van der Waals surface area (Å²) in [5, 5.41) is 3.52. The van der Waals surface area contributed by atoms with Crippen LogP contribution in [0.3, 0.4) is 0 Å². The molecule has 0 spiro atoms. The molecule has 0 amide bonds. The Morgan fingerprint density at radius 3 is 2.15 bits per heavy atom. The molecule has 9 aromatic rings. The van der Waals surface area contributed by atoms with E-state index < -0.39 is 14.9 Å². The zero-order valence-electron chi connectivity index (χ0n) is 37.8. The number of furan rings is 1. The molecular formula is C52H50IrN4OSi-2. The van der Waals surface area contributed by atoms with Crippen LogP contribution in [0.4, 0.5) is 0 Å². The van der Waals surface area contributed by atoms with Gasteiger partial charge < -0.3 is 14.0 Å². The Bertz CT molecular complexity index is 2920. The Morgan fingerprint density at radius 2 is 1.51 bits per heavy atom. The molecule has 0 aliphatic rings. The van der Waals surface area contributed by atoms with E-state index in [4.69, 9.17) is 13.5 Å². The van der Waals surface area contributed by atoms with Crippen LogP contribution in [-0.2, 0) is 20.1 Å². The second-order valence-electron chi connectivity index (χ2n) is 16.6. The van der Waals surface area contributed by atoms with Gasteiger partial charge in [-0.1, -0.05) is 133 Å². The summed E-state index contributed by atoms with van der Waals surface area (Å²) < 4.78 is 30.9. The largest absolute Gasteiger partial charge is 0.501 e. The molecule has 0 aliphatic carbocycles. The minimum atomic E-state index is -2.08. The Labute approximate surface area is 367 Å². The van der Waals surface area contributed by atoms with Gasteiger partial charge in [0.15, 0.2) is 0 Å². The molecule has 0 atom stereocenters. The topological polar surface area (TPSA) is 56.7 Å². The number of hydrogen-bond donors (Lipinski definition) is 0. The summed E-state index contributed by atoms with van der Waals surface area (Å²) in [7, 11) is -1.34. The van der Waals surface area contributed by atoms with Gasteiger partial charge in [0, 0.05) is 47.7 Å². The molecule has 4 heterocycles. The summed E-state index contributed by atoms with van der Waals surface area (Å²) in [6, 6.07) is 43.3. The van der Waals surface area contributed by atoms with Crippen molar-refractivity contribution < 1.29 is 28.6 Å². The first-order chi connectivity index (χ1) is 29.1. The average Bonchev–Trinajstić information content (AvgIpc) is 3.83. The molecule has 5 nitrogen and oxygen atoms in total. The monoisotopic (exact) mass is 970 g/mol. The van der Waals surface area contributed by atoms with E-state index in [9.17, 15) is 0 Å². The van der Waals surface area contributed by atoms with Crippen molar-refractivity contribution in [1.29, 1.82) is 0 Å². The normalized spacial score (nSPS) is 12.6. The van der Waals surface area contributed by atoms with Crippen LogP contribution in [0.5, 0.6) is 0 Å². The van der Waals surface area contributed by atoms with Crippen molar-refractivity contribution in [2.24, 2.45) is 0 Å². The predicted octanol–water partition coefficient (Wildman–Crippen LogP) is 13.4. The van der Waals surface area contributed by atoms with E-state index >= 15 is 0 Å². The van der Waals surface area contributed by atoms with Crippen LogP contribution in [0.1, 0.15) is 65.9 Å². The van der Waals surface area contributed by atoms with Crippen molar-refractivity contribution in [3.05, 3.63) is 162 Å². The summed E-state index contributed by atoms with van der Waals surface area (Å²) in [5.41, 5.74) is 13.7. The summed E-state index contributed by atoms with van der Waals surface area (Å²) in [6.45, 7) is 16.0. The number of benzene rings is 5.